The molecule has 0 heterocycles. The van der Waals surface area contributed by atoms with Crippen molar-refractivity contribution >= 4 is 36.7 Å². The van der Waals surface area contributed by atoms with Crippen LogP contribution in [-0.4, -0.2) is 31.4 Å². The smallest absolute Gasteiger partial charge is 0.200 e. The Morgan fingerprint density at radius 2 is 1.54 bits per heavy atom. The number of Topliss-reactive ketones (excluding diaryl/α,β-unsaturated/α-hetero) is 1. The van der Waals surface area contributed by atoms with Gasteiger partial charge < -0.3 is 9.53 Å². The molecule has 0 spiro atoms. The highest BCUT2D eigenvalue weighted by atomic mass is 127. The Labute approximate surface area is 163 Å². The summed E-state index contributed by atoms with van der Waals surface area (Å²) >= 11 is 2.23. The molecule has 0 aliphatic rings. The van der Waals surface area contributed by atoms with Crippen LogP contribution in [0.3, 0.4) is 0 Å². The highest BCUT2D eigenvalue weighted by Crippen LogP contribution is 2.44. The first-order chi connectivity index (χ1) is 11.0. The number of halogens is 1. The number of carbonyl (C=O) groups excluding carboxylic acids is 1. The van der Waals surface area contributed by atoms with E-state index in [-0.39, 0.29) is 24.2 Å². The van der Waals surface area contributed by atoms with Gasteiger partial charge in [0.1, 0.15) is 5.78 Å². The molecule has 0 unspecified atom stereocenters. The van der Waals surface area contributed by atoms with E-state index in [1.807, 2.05) is 4.08 Å². The average Bonchev–Trinajstić information content (AvgIpc) is 2.41. The maximum absolute atomic E-state index is 11.3. The number of hydrogen-bond acceptors (Lipinski definition) is 3. The van der Waals surface area contributed by atoms with Gasteiger partial charge in [0.2, 0.25) is 8.32 Å². The van der Waals surface area contributed by atoms with Gasteiger partial charge in [-0.3, -0.25) is 4.79 Å². The van der Waals surface area contributed by atoms with E-state index in [1.54, 1.807) is 0 Å². The van der Waals surface area contributed by atoms with Gasteiger partial charge in [-0.15, -0.1) is 0 Å². The van der Waals surface area contributed by atoms with Crippen LogP contribution in [0.15, 0.2) is 10.2 Å². The molecule has 0 radical (unpaired) electrons. The zero-order chi connectivity index (χ0) is 19.1. The molecule has 5 heteroatoms. The van der Waals surface area contributed by atoms with E-state index in [4.69, 9.17) is 4.43 Å². The summed E-state index contributed by atoms with van der Waals surface area (Å²) in [6.45, 7) is 17.3. The molecule has 0 aromatic rings. The summed E-state index contributed by atoms with van der Waals surface area (Å²) in [5.41, 5.74) is 1.50. The molecule has 0 amide bonds. The lowest BCUT2D eigenvalue weighted by Crippen LogP contribution is -2.51. The molecule has 0 aromatic carbocycles. The van der Waals surface area contributed by atoms with Crippen molar-refractivity contribution in [3.63, 3.8) is 0 Å². The Bertz CT molecular complexity index is 386. The second kappa shape index (κ2) is 11.1. The summed E-state index contributed by atoms with van der Waals surface area (Å²) in [5, 5.41) is 10.3. The van der Waals surface area contributed by atoms with Crippen molar-refractivity contribution in [1.82, 2.24) is 0 Å². The molecule has 0 aliphatic carbocycles. The molecule has 142 valence electrons. The van der Waals surface area contributed by atoms with Crippen molar-refractivity contribution in [2.45, 2.75) is 97.1 Å². The molecular weight excluding hydrogens is 431 g/mol. The second-order valence-electron chi connectivity index (χ2n) is 7.95. The molecule has 0 aromatic heterocycles. The van der Waals surface area contributed by atoms with Gasteiger partial charge in [-0.25, -0.2) is 0 Å². The zero-order valence-electron chi connectivity index (χ0n) is 16.7. The van der Waals surface area contributed by atoms with E-state index in [1.165, 1.54) is 6.92 Å². The number of ketones is 1. The highest BCUT2D eigenvalue weighted by molar-refractivity contribution is 14.1. The Balaban J connectivity index is 5.57. The predicted molar refractivity (Wildman–Crippen MR) is 114 cm³/mol. The largest absolute Gasteiger partial charge is 0.412 e. The first kappa shape index (κ1) is 24.3. The van der Waals surface area contributed by atoms with E-state index in [2.05, 4.69) is 77.1 Å². The summed E-state index contributed by atoms with van der Waals surface area (Å²) in [6.07, 6.45) is 2.18. The minimum atomic E-state index is -2.02. The number of carbonyl (C=O) groups is 1. The summed E-state index contributed by atoms with van der Waals surface area (Å²) in [4.78, 5) is 11.3. The SMILES string of the molecule is CC(=O)C[C@@H](O)C[C@@H](O[Si](C(C)C)(C(C)C)C(C)C)[C@@H](C)/C=C/I. The fraction of sp³-hybridized carbons (Fsp3) is 0.842. The Kier molecular flexibility index (Phi) is 11.2. The number of hydrogen-bond donors (Lipinski definition) is 1. The van der Waals surface area contributed by atoms with Crippen LogP contribution in [0.5, 0.6) is 0 Å². The maximum atomic E-state index is 11.3. The standard InChI is InChI=1S/C19H37IO3Si/c1-13(2)24(14(3)4,15(5)6)23-19(16(7)9-10-20)12-18(22)11-17(8)21/h9-10,13-16,18-19,22H,11-12H2,1-8H3/b10-9+/t16-,18+,19+/m0/s1. The van der Waals surface area contributed by atoms with Gasteiger partial charge in [0.15, 0.2) is 0 Å². The minimum Gasteiger partial charge on any atom is -0.412 e. The Morgan fingerprint density at radius 1 is 1.08 bits per heavy atom. The quantitative estimate of drug-likeness (QED) is 0.305. The van der Waals surface area contributed by atoms with E-state index in [9.17, 15) is 9.90 Å². The molecular formula is C19H37IO3Si. The van der Waals surface area contributed by atoms with E-state index in [0.717, 1.165) is 0 Å². The van der Waals surface area contributed by atoms with Gasteiger partial charge in [-0.1, -0.05) is 77.1 Å². The summed E-state index contributed by atoms with van der Waals surface area (Å²) in [6, 6.07) is 0. The second-order valence-corrected chi connectivity index (χ2v) is 14.1. The third-order valence-electron chi connectivity index (χ3n) is 5.05. The molecule has 0 fully saturated rings. The van der Waals surface area contributed by atoms with Crippen LogP contribution in [0.1, 0.15) is 68.2 Å². The topological polar surface area (TPSA) is 46.5 Å². The van der Waals surface area contributed by atoms with Crippen LogP contribution in [0.25, 0.3) is 0 Å². The van der Waals surface area contributed by atoms with Crippen molar-refractivity contribution in [1.29, 1.82) is 0 Å². The van der Waals surface area contributed by atoms with Crippen LogP contribution in [0.2, 0.25) is 16.6 Å². The van der Waals surface area contributed by atoms with Crippen molar-refractivity contribution in [2.24, 2.45) is 5.92 Å². The Morgan fingerprint density at radius 3 is 1.88 bits per heavy atom. The number of aliphatic hydroxyl groups excluding tert-OH is 1. The fourth-order valence-corrected chi connectivity index (χ4v) is 10.3. The van der Waals surface area contributed by atoms with E-state index >= 15 is 0 Å². The Hall–Kier alpha value is 0.277. The monoisotopic (exact) mass is 468 g/mol. The average molecular weight is 468 g/mol. The van der Waals surface area contributed by atoms with Gasteiger partial charge in [0.25, 0.3) is 0 Å². The molecule has 24 heavy (non-hydrogen) atoms. The lowest BCUT2D eigenvalue weighted by Gasteiger charge is -2.46. The van der Waals surface area contributed by atoms with Gasteiger partial charge in [0.05, 0.1) is 12.2 Å². The van der Waals surface area contributed by atoms with Gasteiger partial charge in [-0.05, 0) is 40.0 Å². The maximum Gasteiger partial charge on any atom is 0.200 e. The van der Waals surface area contributed by atoms with Gasteiger partial charge >= 0.3 is 0 Å². The van der Waals surface area contributed by atoms with Crippen LogP contribution in [0, 0.1) is 5.92 Å². The van der Waals surface area contributed by atoms with Gasteiger partial charge in [0, 0.05) is 6.42 Å². The fourth-order valence-electron chi connectivity index (χ4n) is 3.96. The third kappa shape index (κ3) is 6.88. The number of aliphatic hydroxyl groups is 1. The third-order valence-corrected chi connectivity index (χ3v) is 11.6. The summed E-state index contributed by atoms with van der Waals surface area (Å²) in [7, 11) is -2.02. The highest BCUT2D eigenvalue weighted by Gasteiger charge is 2.47. The minimum absolute atomic E-state index is 0.0263. The van der Waals surface area contributed by atoms with E-state index < -0.39 is 14.4 Å². The first-order valence-corrected chi connectivity index (χ1v) is 12.5. The van der Waals surface area contributed by atoms with Crippen molar-refractivity contribution in [3.05, 3.63) is 10.2 Å². The van der Waals surface area contributed by atoms with Crippen LogP contribution in [-0.2, 0) is 9.22 Å². The molecule has 3 nitrogen and oxygen atoms in total. The predicted octanol–water partition coefficient (Wildman–Crippen LogP) is 5.86. The first-order valence-electron chi connectivity index (χ1n) is 9.11. The van der Waals surface area contributed by atoms with Crippen molar-refractivity contribution in [3.8, 4) is 0 Å². The van der Waals surface area contributed by atoms with Crippen LogP contribution in [0.4, 0.5) is 0 Å². The summed E-state index contributed by atoms with van der Waals surface area (Å²) < 4.78 is 8.92. The lowest BCUT2D eigenvalue weighted by atomic mass is 9.97. The van der Waals surface area contributed by atoms with Crippen LogP contribution < -0.4 is 0 Å². The molecule has 0 saturated heterocycles. The molecule has 0 saturated carbocycles. The number of rotatable bonds is 11. The molecule has 0 aliphatic heterocycles. The van der Waals surface area contributed by atoms with Gasteiger partial charge in [-0.2, -0.15) is 0 Å². The van der Waals surface area contributed by atoms with Crippen molar-refractivity contribution in [2.75, 3.05) is 0 Å². The normalized spacial score (nSPS) is 17.0. The van der Waals surface area contributed by atoms with Crippen LogP contribution >= 0.6 is 22.6 Å². The van der Waals surface area contributed by atoms with E-state index in [0.29, 0.717) is 23.0 Å². The summed E-state index contributed by atoms with van der Waals surface area (Å²) in [5.74, 6) is 0.241. The lowest BCUT2D eigenvalue weighted by molar-refractivity contribution is -0.119. The molecule has 0 rings (SSSR count). The molecule has 0 bridgehead atoms. The zero-order valence-corrected chi connectivity index (χ0v) is 19.8. The molecule has 3 atom stereocenters. The molecule has 1 N–H and O–H groups in total. The van der Waals surface area contributed by atoms with Crippen molar-refractivity contribution < 1.29 is 14.3 Å².